The second kappa shape index (κ2) is 34.8. The number of nitrogens with zero attached hydrogens (tertiary/aromatic N) is 3. The van der Waals surface area contributed by atoms with E-state index in [4.69, 9.17) is 58.1 Å². The van der Waals surface area contributed by atoms with Gasteiger partial charge in [-0.05, 0) is 67.7 Å². The van der Waals surface area contributed by atoms with Crippen LogP contribution in [0.15, 0.2) is 16.9 Å². The average molecular weight is 1210 g/mol. The molecule has 0 saturated carbocycles. The highest BCUT2D eigenvalue weighted by Gasteiger charge is 2.40. The molecule has 4 unspecified atom stereocenters. The second-order valence-corrected chi connectivity index (χ2v) is 21.8. The van der Waals surface area contributed by atoms with Crippen molar-refractivity contribution in [1.29, 1.82) is 0 Å². The van der Waals surface area contributed by atoms with E-state index in [1.165, 1.54) is 25.0 Å². The zero-order valence-corrected chi connectivity index (χ0v) is 50.6. The number of methoxy groups -OCH3 is 1. The van der Waals surface area contributed by atoms with Gasteiger partial charge in [-0.2, -0.15) is 0 Å². The Labute approximate surface area is 500 Å². The van der Waals surface area contributed by atoms with Crippen LogP contribution in [0.2, 0.25) is 0 Å². The van der Waals surface area contributed by atoms with Crippen LogP contribution in [0, 0.1) is 30.5 Å². The first kappa shape index (κ1) is 68.7. The van der Waals surface area contributed by atoms with Gasteiger partial charge in [0.05, 0.1) is 135 Å². The normalized spacial score (nSPS) is 16.6. The lowest BCUT2D eigenvalue weighted by Gasteiger charge is -2.24. The van der Waals surface area contributed by atoms with Crippen LogP contribution in [0.5, 0.6) is 0 Å². The number of nitrogens with one attached hydrogen (secondary N) is 3. The summed E-state index contributed by atoms with van der Waals surface area (Å²) in [5, 5.41) is 8.92. The highest BCUT2D eigenvalue weighted by Crippen LogP contribution is 2.42. The maximum atomic E-state index is 14.6. The van der Waals surface area contributed by atoms with Crippen molar-refractivity contribution in [1.82, 2.24) is 30.4 Å². The summed E-state index contributed by atoms with van der Waals surface area (Å²) in [6, 6.07) is 1.69. The molecule has 25 nitrogen and oxygen atoms in total. The molecule has 3 aromatic rings. The minimum atomic E-state index is -0.929. The summed E-state index contributed by atoms with van der Waals surface area (Å²) >= 11 is 0. The quantitative estimate of drug-likeness (QED) is 0.0286. The van der Waals surface area contributed by atoms with Gasteiger partial charge in [-0.25, -0.2) is 14.2 Å². The van der Waals surface area contributed by atoms with Crippen LogP contribution in [-0.4, -0.2) is 194 Å². The predicted molar refractivity (Wildman–Crippen MR) is 309 cm³/mol. The molecule has 2 aromatic heterocycles. The number of imide groups is 1. The topological polar surface area (TPSA) is 312 Å². The first-order chi connectivity index (χ1) is 41.3. The number of fused-ring (bicyclic) bond motifs is 5. The molecule has 476 valence electrons. The molecule has 26 heteroatoms. The van der Waals surface area contributed by atoms with E-state index in [2.05, 4.69) is 16.0 Å². The van der Waals surface area contributed by atoms with E-state index < -0.39 is 36.0 Å². The molecule has 4 atom stereocenters. The van der Waals surface area contributed by atoms with Gasteiger partial charge < -0.3 is 73.6 Å². The molecule has 0 radical (unpaired) electrons. The number of aryl methyl sites for hydroxylation is 2. The zero-order chi connectivity index (χ0) is 62.3. The third kappa shape index (κ3) is 19.3. The van der Waals surface area contributed by atoms with Crippen LogP contribution >= 0.6 is 0 Å². The van der Waals surface area contributed by atoms with Gasteiger partial charge in [-0.3, -0.25) is 38.5 Å². The summed E-state index contributed by atoms with van der Waals surface area (Å²) < 4.78 is 70.3. The number of aromatic nitrogens is 2. The van der Waals surface area contributed by atoms with Crippen LogP contribution in [0.4, 0.5) is 4.39 Å². The lowest BCUT2D eigenvalue weighted by molar-refractivity contribution is -0.159. The van der Waals surface area contributed by atoms with Gasteiger partial charge in [0, 0.05) is 68.0 Å². The Morgan fingerprint density at radius 1 is 0.721 bits per heavy atom. The van der Waals surface area contributed by atoms with E-state index in [0.717, 1.165) is 41.3 Å². The fraction of sp³-hybridized carbons (Fsp3) is 0.650. The Bertz CT molecular complexity index is 2880. The van der Waals surface area contributed by atoms with Crippen molar-refractivity contribution in [2.75, 3.05) is 126 Å². The minimum Gasteiger partial charge on any atom is -0.458 e. The molecule has 3 aliphatic heterocycles. The van der Waals surface area contributed by atoms with Gasteiger partial charge in [-0.1, -0.05) is 27.7 Å². The van der Waals surface area contributed by atoms with Crippen LogP contribution in [-0.2, 0) is 107 Å². The fourth-order valence-corrected chi connectivity index (χ4v) is 10.3. The number of hydrogen-bond acceptors (Lipinski definition) is 19. The van der Waals surface area contributed by atoms with Gasteiger partial charge in [0.25, 0.3) is 5.56 Å². The van der Waals surface area contributed by atoms with Crippen molar-refractivity contribution in [3.05, 3.63) is 61.7 Å². The Kier molecular flexibility index (Phi) is 27.9. The Hall–Kier alpha value is -6.36. The number of amides is 6. The minimum absolute atomic E-state index is 0.0553. The smallest absolute Gasteiger partial charge is 0.340 e. The summed E-state index contributed by atoms with van der Waals surface area (Å²) in [5.41, 5.74) is 11.8. The molecular formula is C60H86FN7O18. The number of primary amides is 1. The van der Waals surface area contributed by atoms with Crippen molar-refractivity contribution in [3.8, 4) is 11.4 Å². The number of rotatable bonds is 37. The highest BCUT2D eigenvalue weighted by molar-refractivity contribution is 6.04. The van der Waals surface area contributed by atoms with Crippen LogP contribution in [0.25, 0.3) is 22.3 Å². The molecule has 5 N–H and O–H groups in total. The summed E-state index contributed by atoms with van der Waals surface area (Å²) in [5.74, 6) is -3.24. The summed E-state index contributed by atoms with van der Waals surface area (Å²) in [7, 11) is 1.42. The number of halogens is 1. The maximum Gasteiger partial charge on any atom is 0.340 e. The van der Waals surface area contributed by atoms with Crippen molar-refractivity contribution < 1.29 is 85.3 Å². The molecule has 86 heavy (non-hydrogen) atoms. The van der Waals surface area contributed by atoms with Gasteiger partial charge >= 0.3 is 5.97 Å². The van der Waals surface area contributed by atoms with Crippen molar-refractivity contribution in [2.45, 2.75) is 111 Å². The lowest BCUT2D eigenvalue weighted by Crippen LogP contribution is -2.54. The molecule has 0 spiro atoms. The lowest BCUT2D eigenvalue weighted by atomic mass is 9.85. The third-order valence-corrected chi connectivity index (χ3v) is 15.1. The number of hydrogen-bond donors (Lipinski definition) is 4. The molecule has 1 aliphatic carbocycles. The number of carbonyl (C=O) groups is 7. The molecular weight excluding hydrogens is 1130 g/mol. The van der Waals surface area contributed by atoms with Gasteiger partial charge in [0.1, 0.15) is 24.5 Å². The predicted octanol–water partition coefficient (Wildman–Crippen LogP) is 2.28. The number of ether oxygens (including phenoxy) is 10. The SMILES string of the molecule is CC(NC(=O)C(NC(=O)CCOCCOCCOCCOCCOCCOCCOCCOCCNC(=O)CCN1C(=O)CC(C(C)C)C1=O)C(C)C)C(N)=O.COC1C(=O)OCc2c1cc1n(c2=O)Cc2c-1nc1cc(F)c(C)c3c1c2CCC3. The van der Waals surface area contributed by atoms with E-state index in [1.54, 1.807) is 18.4 Å². The maximum absolute atomic E-state index is 14.6. The number of esters is 1. The van der Waals surface area contributed by atoms with E-state index in [9.17, 15) is 42.7 Å². The van der Waals surface area contributed by atoms with E-state index >= 15 is 0 Å². The Balaban J connectivity index is 0.000000324. The first-order valence-electron chi connectivity index (χ1n) is 29.6. The van der Waals surface area contributed by atoms with E-state index in [-0.39, 0.29) is 91.8 Å². The Morgan fingerprint density at radius 2 is 1.28 bits per heavy atom. The van der Waals surface area contributed by atoms with Crippen LogP contribution in [0.3, 0.4) is 0 Å². The van der Waals surface area contributed by atoms with Gasteiger partial charge in [0.15, 0.2) is 6.10 Å². The second-order valence-electron chi connectivity index (χ2n) is 21.8. The van der Waals surface area contributed by atoms with Crippen molar-refractivity contribution in [3.63, 3.8) is 0 Å². The summed E-state index contributed by atoms with van der Waals surface area (Å²) in [6.07, 6.45) is 2.09. The van der Waals surface area contributed by atoms with Gasteiger partial charge in [0.2, 0.25) is 35.4 Å². The van der Waals surface area contributed by atoms with Crippen LogP contribution in [0.1, 0.15) is 99.8 Å². The average Bonchev–Trinajstić information content (AvgIpc) is 1.84. The molecule has 4 aliphatic rings. The molecule has 7 rings (SSSR count). The van der Waals surface area contributed by atoms with Crippen LogP contribution < -0.4 is 27.2 Å². The first-order valence-corrected chi connectivity index (χ1v) is 29.6. The number of pyridine rings is 2. The van der Waals surface area contributed by atoms with E-state index in [1.807, 2.05) is 26.8 Å². The van der Waals surface area contributed by atoms with Gasteiger partial charge in [-0.15, -0.1) is 0 Å². The zero-order valence-electron chi connectivity index (χ0n) is 50.6. The standard InChI is InChI=1S/C37H67N5O14.C23H19FN2O4/c1-27(2)30-26-33(45)42(37(30)48)9-6-31(43)39-8-11-50-13-15-52-17-19-54-21-23-56-25-24-55-22-20-53-18-16-51-14-12-49-10-7-32(44)41-34(28(3)4)36(47)40-29(5)35(38)46;1-10-11-4-3-5-12-14-8-26-18(20(14)25-17(19(11)12)7-16(10)24)6-13-15(22(26)27)9-30-23(28)21(13)29-2/h27-30,34H,6-26H2,1-5H3,(H2,38,46)(H,39,43)(H,40,47)(H,41,44);6-7,21H,3-5,8-9H2,1-2H3. The van der Waals surface area contributed by atoms with Crippen molar-refractivity contribution >= 4 is 52.3 Å². The molecule has 6 amide bonds. The molecule has 1 aromatic carbocycles. The van der Waals surface area contributed by atoms with E-state index in [0.29, 0.717) is 146 Å². The van der Waals surface area contributed by atoms with Crippen molar-refractivity contribution in [2.24, 2.45) is 23.5 Å². The summed E-state index contributed by atoms with van der Waals surface area (Å²) in [4.78, 5) is 104. The summed E-state index contributed by atoms with van der Waals surface area (Å²) in [6.45, 7) is 17.6. The Morgan fingerprint density at radius 3 is 1.81 bits per heavy atom. The number of nitrogens with two attached hydrogens (primary N) is 1. The monoisotopic (exact) mass is 1210 g/mol. The molecule has 1 fully saturated rings. The number of cyclic esters (lactones) is 1. The largest absolute Gasteiger partial charge is 0.458 e. The number of carbonyl (C=O) groups excluding carboxylic acids is 7. The number of benzene rings is 1. The fourth-order valence-electron chi connectivity index (χ4n) is 10.3. The third-order valence-electron chi connectivity index (χ3n) is 15.1. The number of likely N-dealkylation sites (tertiary alicyclic amines) is 1. The highest BCUT2D eigenvalue weighted by atomic mass is 19.1. The molecule has 0 bridgehead atoms. The molecule has 1 saturated heterocycles. The molecule has 5 heterocycles.